The molecule has 3 aromatic rings. The average molecular weight is 338 g/mol. The van der Waals surface area contributed by atoms with Gasteiger partial charge in [0, 0.05) is 24.7 Å². The molecule has 2 aromatic heterocycles. The smallest absolute Gasteiger partial charge is 0.260 e. The maximum absolute atomic E-state index is 12.7. The van der Waals surface area contributed by atoms with Crippen LogP contribution >= 0.6 is 0 Å². The lowest BCUT2D eigenvalue weighted by Gasteiger charge is -2.16. The Kier molecular flexibility index (Phi) is 4.80. The van der Waals surface area contributed by atoms with Crippen LogP contribution in [-0.2, 0) is 7.05 Å². The van der Waals surface area contributed by atoms with Gasteiger partial charge in [-0.05, 0) is 48.8 Å². The average Bonchev–Trinajstić information content (AvgIpc) is 2.57. The van der Waals surface area contributed by atoms with Crippen LogP contribution in [0.1, 0.15) is 32.9 Å². The van der Waals surface area contributed by atoms with Crippen molar-refractivity contribution in [2.45, 2.75) is 34.1 Å². The van der Waals surface area contributed by atoms with Gasteiger partial charge in [0.1, 0.15) is 5.75 Å². The van der Waals surface area contributed by atoms with Crippen molar-refractivity contribution < 1.29 is 4.74 Å². The van der Waals surface area contributed by atoms with Crippen LogP contribution < -0.4 is 10.3 Å². The molecule has 2 heterocycles. The van der Waals surface area contributed by atoms with E-state index in [4.69, 9.17) is 4.74 Å². The van der Waals surface area contributed by atoms with Crippen LogP contribution in [0.25, 0.3) is 21.7 Å². The van der Waals surface area contributed by atoms with Crippen molar-refractivity contribution in [2.24, 2.45) is 18.9 Å². The van der Waals surface area contributed by atoms with Gasteiger partial charge >= 0.3 is 0 Å². The summed E-state index contributed by atoms with van der Waals surface area (Å²) in [6.45, 7) is 9.23. The van der Waals surface area contributed by atoms with Gasteiger partial charge in [0.05, 0.1) is 23.2 Å². The Morgan fingerprint density at radius 2 is 1.92 bits per heavy atom. The van der Waals surface area contributed by atoms with E-state index in [9.17, 15) is 4.79 Å². The van der Waals surface area contributed by atoms with E-state index in [1.807, 2.05) is 38.2 Å². The normalized spacial score (nSPS) is 12.9. The van der Waals surface area contributed by atoms with Gasteiger partial charge in [0.2, 0.25) is 0 Å². The molecule has 0 N–H and O–H groups in total. The van der Waals surface area contributed by atoms with Crippen molar-refractivity contribution in [2.75, 3.05) is 6.61 Å². The monoisotopic (exact) mass is 338 g/mol. The number of ether oxygens (including phenoxy) is 1. The highest BCUT2D eigenvalue weighted by atomic mass is 16.5. The summed E-state index contributed by atoms with van der Waals surface area (Å²) in [4.78, 5) is 17.0. The third-order valence-corrected chi connectivity index (χ3v) is 4.69. The zero-order valence-corrected chi connectivity index (χ0v) is 15.7. The molecule has 4 heteroatoms. The largest absolute Gasteiger partial charge is 0.493 e. The summed E-state index contributed by atoms with van der Waals surface area (Å²) in [6, 6.07) is 7.91. The minimum Gasteiger partial charge on any atom is -0.493 e. The molecule has 0 saturated heterocycles. The SMILES string of the molecule is Cc1nccc2c1c(=O)n(C)c1cc(OCC(C)CC(C)C)ccc21. The third-order valence-electron chi connectivity index (χ3n) is 4.69. The Morgan fingerprint density at radius 3 is 2.64 bits per heavy atom. The van der Waals surface area contributed by atoms with Gasteiger partial charge in [0.25, 0.3) is 5.56 Å². The molecule has 132 valence electrons. The third kappa shape index (κ3) is 3.39. The zero-order chi connectivity index (χ0) is 18.1. The van der Waals surface area contributed by atoms with E-state index in [-0.39, 0.29) is 5.56 Å². The minimum absolute atomic E-state index is 0.0153. The predicted molar refractivity (Wildman–Crippen MR) is 103 cm³/mol. The molecular formula is C21H26N2O2. The lowest BCUT2D eigenvalue weighted by atomic mass is 10.00. The minimum atomic E-state index is -0.0153. The fourth-order valence-electron chi connectivity index (χ4n) is 3.56. The Labute approximate surface area is 148 Å². The quantitative estimate of drug-likeness (QED) is 0.645. The van der Waals surface area contributed by atoms with Crippen molar-refractivity contribution in [3.05, 3.63) is 46.5 Å². The van der Waals surface area contributed by atoms with E-state index in [2.05, 4.69) is 25.8 Å². The van der Waals surface area contributed by atoms with Crippen LogP contribution in [0.5, 0.6) is 5.75 Å². The lowest BCUT2D eigenvalue weighted by Crippen LogP contribution is -2.18. The summed E-state index contributed by atoms with van der Waals surface area (Å²) >= 11 is 0. The van der Waals surface area contributed by atoms with E-state index < -0.39 is 0 Å². The van der Waals surface area contributed by atoms with Crippen molar-refractivity contribution >= 4 is 21.7 Å². The maximum atomic E-state index is 12.7. The number of pyridine rings is 2. The summed E-state index contributed by atoms with van der Waals surface area (Å²) in [5, 5.41) is 2.69. The first-order chi connectivity index (χ1) is 11.9. The van der Waals surface area contributed by atoms with E-state index in [1.54, 1.807) is 10.8 Å². The fourth-order valence-corrected chi connectivity index (χ4v) is 3.56. The molecule has 4 nitrogen and oxygen atoms in total. The second-order valence-corrected chi connectivity index (χ2v) is 7.41. The van der Waals surface area contributed by atoms with Gasteiger partial charge in [-0.15, -0.1) is 0 Å². The first-order valence-electron chi connectivity index (χ1n) is 8.89. The molecule has 0 aliphatic heterocycles. The van der Waals surface area contributed by atoms with E-state index >= 15 is 0 Å². The topological polar surface area (TPSA) is 44.1 Å². The van der Waals surface area contributed by atoms with Crippen LogP contribution in [0.4, 0.5) is 0 Å². The van der Waals surface area contributed by atoms with Crippen LogP contribution in [0.15, 0.2) is 35.3 Å². The predicted octanol–water partition coefficient (Wildman–Crippen LogP) is 4.46. The Hall–Kier alpha value is -2.36. The van der Waals surface area contributed by atoms with Crippen molar-refractivity contribution in [1.29, 1.82) is 0 Å². The molecule has 0 amide bonds. The first kappa shape index (κ1) is 17.5. The van der Waals surface area contributed by atoms with Crippen LogP contribution in [0.2, 0.25) is 0 Å². The Bertz CT molecular complexity index is 973. The number of hydrogen-bond acceptors (Lipinski definition) is 3. The van der Waals surface area contributed by atoms with Gasteiger partial charge in [-0.2, -0.15) is 0 Å². The second-order valence-electron chi connectivity index (χ2n) is 7.41. The highest BCUT2D eigenvalue weighted by molar-refractivity contribution is 6.06. The summed E-state index contributed by atoms with van der Waals surface area (Å²) in [6.07, 6.45) is 2.90. The summed E-state index contributed by atoms with van der Waals surface area (Å²) < 4.78 is 7.67. The number of aromatic nitrogens is 2. The Morgan fingerprint density at radius 1 is 1.16 bits per heavy atom. The number of benzene rings is 1. The van der Waals surface area contributed by atoms with Crippen molar-refractivity contribution in [1.82, 2.24) is 9.55 Å². The van der Waals surface area contributed by atoms with E-state index in [1.165, 1.54) is 0 Å². The van der Waals surface area contributed by atoms with Gasteiger partial charge in [-0.25, -0.2) is 0 Å². The maximum Gasteiger partial charge on any atom is 0.260 e. The van der Waals surface area contributed by atoms with Gasteiger partial charge in [0.15, 0.2) is 0 Å². The highest BCUT2D eigenvalue weighted by Gasteiger charge is 2.12. The number of nitrogens with zero attached hydrogens (tertiary/aromatic N) is 2. The molecular weight excluding hydrogens is 312 g/mol. The molecule has 0 bridgehead atoms. The number of fused-ring (bicyclic) bond motifs is 3. The Balaban J connectivity index is 2.02. The number of hydrogen-bond donors (Lipinski definition) is 0. The second kappa shape index (κ2) is 6.87. The molecule has 0 aliphatic carbocycles. The molecule has 0 radical (unpaired) electrons. The zero-order valence-electron chi connectivity index (χ0n) is 15.7. The summed E-state index contributed by atoms with van der Waals surface area (Å²) in [5.74, 6) is 1.98. The number of rotatable bonds is 5. The molecule has 0 saturated carbocycles. The molecule has 1 aromatic carbocycles. The van der Waals surface area contributed by atoms with E-state index in [0.717, 1.165) is 34.2 Å². The highest BCUT2D eigenvalue weighted by Crippen LogP contribution is 2.27. The molecule has 3 rings (SSSR count). The summed E-state index contributed by atoms with van der Waals surface area (Å²) in [7, 11) is 1.81. The first-order valence-corrected chi connectivity index (χ1v) is 8.89. The summed E-state index contributed by atoms with van der Waals surface area (Å²) in [5.41, 5.74) is 1.64. The van der Waals surface area contributed by atoms with Gasteiger partial charge in [-0.3, -0.25) is 9.78 Å². The van der Waals surface area contributed by atoms with Crippen LogP contribution in [0.3, 0.4) is 0 Å². The molecule has 0 aliphatic rings. The molecule has 25 heavy (non-hydrogen) atoms. The molecule has 0 spiro atoms. The van der Waals surface area contributed by atoms with Crippen molar-refractivity contribution in [3.8, 4) is 5.75 Å². The molecule has 1 atom stereocenters. The fraction of sp³-hybridized carbons (Fsp3) is 0.429. The van der Waals surface area contributed by atoms with Gasteiger partial charge < -0.3 is 9.30 Å². The van der Waals surface area contributed by atoms with Crippen molar-refractivity contribution in [3.63, 3.8) is 0 Å². The van der Waals surface area contributed by atoms with Gasteiger partial charge in [-0.1, -0.05) is 20.8 Å². The standard InChI is InChI=1S/C21H26N2O2/c1-13(2)10-14(3)12-25-16-6-7-17-18-8-9-22-15(4)20(18)21(24)23(5)19(17)11-16/h6-9,11,13-14H,10,12H2,1-5H3. The van der Waals surface area contributed by atoms with E-state index in [0.29, 0.717) is 23.8 Å². The molecule has 0 fully saturated rings. The number of aryl methyl sites for hydroxylation is 2. The lowest BCUT2D eigenvalue weighted by molar-refractivity contribution is 0.239. The molecule has 1 unspecified atom stereocenters. The van der Waals surface area contributed by atoms with Crippen LogP contribution in [0, 0.1) is 18.8 Å². The van der Waals surface area contributed by atoms with Crippen LogP contribution in [-0.4, -0.2) is 16.2 Å².